The summed E-state index contributed by atoms with van der Waals surface area (Å²) in [4.78, 5) is 40.7. The van der Waals surface area contributed by atoms with Crippen molar-refractivity contribution >= 4 is 34.1 Å². The SMILES string of the molecule is COC(=O)c1c(NC(=O)CN2CCN(Cc3cccc(F)c3)CC2)sc(C(N)=O)c1C. The van der Waals surface area contributed by atoms with Crippen LogP contribution in [0.25, 0.3) is 0 Å². The summed E-state index contributed by atoms with van der Waals surface area (Å²) in [5.41, 5.74) is 6.83. The van der Waals surface area contributed by atoms with E-state index in [-0.39, 0.29) is 33.7 Å². The highest BCUT2D eigenvalue weighted by Crippen LogP contribution is 2.33. The first kappa shape index (κ1) is 22.9. The summed E-state index contributed by atoms with van der Waals surface area (Å²) in [5.74, 6) is -1.84. The minimum atomic E-state index is -0.664. The molecule has 2 aromatic rings. The number of rotatable bonds is 7. The lowest BCUT2D eigenvalue weighted by molar-refractivity contribution is -0.117. The first-order valence-electron chi connectivity index (χ1n) is 9.79. The highest BCUT2D eigenvalue weighted by atomic mass is 32.1. The lowest BCUT2D eigenvalue weighted by atomic mass is 10.1. The molecule has 1 saturated heterocycles. The summed E-state index contributed by atoms with van der Waals surface area (Å²) in [6.45, 7) is 5.27. The van der Waals surface area contributed by atoms with Gasteiger partial charge in [-0.1, -0.05) is 12.1 Å². The maximum absolute atomic E-state index is 13.4. The molecule has 2 amide bonds. The van der Waals surface area contributed by atoms with Crippen molar-refractivity contribution in [1.29, 1.82) is 0 Å². The molecule has 0 radical (unpaired) electrons. The zero-order valence-electron chi connectivity index (χ0n) is 17.4. The third-order valence-corrected chi connectivity index (χ3v) is 6.36. The number of nitrogens with zero attached hydrogens (tertiary/aromatic N) is 2. The molecule has 31 heavy (non-hydrogen) atoms. The minimum Gasteiger partial charge on any atom is -0.465 e. The summed E-state index contributed by atoms with van der Waals surface area (Å²) >= 11 is 0.966. The van der Waals surface area contributed by atoms with Crippen LogP contribution in [0.4, 0.5) is 9.39 Å². The Morgan fingerprint density at radius 2 is 1.87 bits per heavy atom. The zero-order valence-corrected chi connectivity index (χ0v) is 18.3. The number of thiophene rings is 1. The van der Waals surface area contributed by atoms with Crippen molar-refractivity contribution in [3.05, 3.63) is 51.7 Å². The van der Waals surface area contributed by atoms with E-state index in [1.54, 1.807) is 13.0 Å². The largest absolute Gasteiger partial charge is 0.465 e. The van der Waals surface area contributed by atoms with Gasteiger partial charge in [0.1, 0.15) is 10.8 Å². The molecule has 1 aromatic heterocycles. The van der Waals surface area contributed by atoms with Gasteiger partial charge in [0.05, 0.1) is 24.1 Å². The Morgan fingerprint density at radius 3 is 2.48 bits per heavy atom. The Hall–Kier alpha value is -2.82. The number of ether oxygens (including phenoxy) is 1. The van der Waals surface area contributed by atoms with Crippen molar-refractivity contribution < 1.29 is 23.5 Å². The third kappa shape index (κ3) is 5.66. The fraction of sp³-hybridized carbons (Fsp3) is 0.381. The molecule has 0 bridgehead atoms. The monoisotopic (exact) mass is 448 g/mol. The number of benzene rings is 1. The first-order chi connectivity index (χ1) is 14.8. The number of primary amides is 1. The molecule has 0 saturated carbocycles. The number of methoxy groups -OCH3 is 1. The number of amides is 2. The zero-order chi connectivity index (χ0) is 22.5. The molecule has 2 heterocycles. The Labute approximate surface area is 183 Å². The Balaban J connectivity index is 1.57. The van der Waals surface area contributed by atoms with Crippen LogP contribution in [0.15, 0.2) is 24.3 Å². The topological polar surface area (TPSA) is 105 Å². The fourth-order valence-corrected chi connectivity index (χ4v) is 4.62. The number of piperazine rings is 1. The predicted octanol–water partition coefficient (Wildman–Crippen LogP) is 1.84. The Kier molecular flexibility index (Phi) is 7.37. The quantitative estimate of drug-likeness (QED) is 0.627. The lowest BCUT2D eigenvalue weighted by Gasteiger charge is -2.34. The second-order valence-corrected chi connectivity index (χ2v) is 8.37. The van der Waals surface area contributed by atoms with Gasteiger partial charge in [-0.05, 0) is 30.2 Å². The van der Waals surface area contributed by atoms with Gasteiger partial charge in [0.15, 0.2) is 0 Å². The molecule has 8 nitrogen and oxygen atoms in total. The van der Waals surface area contributed by atoms with E-state index >= 15 is 0 Å². The molecular formula is C21H25FN4O4S. The molecule has 3 rings (SSSR count). The van der Waals surface area contributed by atoms with Crippen LogP contribution in [0.5, 0.6) is 0 Å². The van der Waals surface area contributed by atoms with E-state index in [9.17, 15) is 18.8 Å². The van der Waals surface area contributed by atoms with E-state index in [4.69, 9.17) is 10.5 Å². The molecule has 0 unspecified atom stereocenters. The van der Waals surface area contributed by atoms with Crippen LogP contribution >= 0.6 is 11.3 Å². The number of carbonyl (C=O) groups excluding carboxylic acids is 3. The number of nitrogens with one attached hydrogen (secondary N) is 1. The van der Waals surface area contributed by atoms with Gasteiger partial charge >= 0.3 is 5.97 Å². The Bertz CT molecular complexity index is 986. The molecule has 166 valence electrons. The van der Waals surface area contributed by atoms with Crippen LogP contribution in [0.3, 0.4) is 0 Å². The highest BCUT2D eigenvalue weighted by Gasteiger charge is 2.26. The van der Waals surface area contributed by atoms with Crippen LogP contribution in [0, 0.1) is 12.7 Å². The molecule has 0 atom stereocenters. The molecule has 1 aliphatic rings. The summed E-state index contributed by atoms with van der Waals surface area (Å²) < 4.78 is 18.1. The summed E-state index contributed by atoms with van der Waals surface area (Å²) in [6, 6.07) is 6.55. The molecule has 3 N–H and O–H groups in total. The normalized spacial score (nSPS) is 14.9. The van der Waals surface area contributed by atoms with Gasteiger partial charge in [-0.2, -0.15) is 0 Å². The summed E-state index contributed by atoms with van der Waals surface area (Å²) in [6.07, 6.45) is 0. The number of halogens is 1. The van der Waals surface area contributed by atoms with Crippen molar-refractivity contribution in [2.24, 2.45) is 5.73 Å². The number of nitrogens with two attached hydrogens (primary N) is 1. The summed E-state index contributed by atoms with van der Waals surface area (Å²) in [7, 11) is 1.23. The van der Waals surface area contributed by atoms with Crippen LogP contribution in [0.1, 0.15) is 31.2 Å². The standard InChI is InChI=1S/C21H25FN4O4S/c1-13-17(21(29)30-2)20(31-18(13)19(23)28)24-16(27)12-26-8-6-25(7-9-26)11-14-4-3-5-15(22)10-14/h3-5,10H,6-9,11-12H2,1-2H3,(H2,23,28)(H,24,27). The van der Waals surface area contributed by atoms with Crippen molar-refractivity contribution in [3.8, 4) is 0 Å². The van der Waals surface area contributed by atoms with Gasteiger partial charge in [0.25, 0.3) is 5.91 Å². The molecule has 1 aromatic carbocycles. The Morgan fingerprint density at radius 1 is 1.19 bits per heavy atom. The smallest absolute Gasteiger partial charge is 0.341 e. The van der Waals surface area contributed by atoms with Gasteiger partial charge in [0.2, 0.25) is 5.91 Å². The van der Waals surface area contributed by atoms with Gasteiger partial charge in [-0.25, -0.2) is 9.18 Å². The van der Waals surface area contributed by atoms with Crippen molar-refractivity contribution in [2.75, 3.05) is 45.2 Å². The van der Waals surface area contributed by atoms with Crippen molar-refractivity contribution in [2.45, 2.75) is 13.5 Å². The molecule has 1 aliphatic heterocycles. The van der Waals surface area contributed by atoms with Crippen LogP contribution < -0.4 is 11.1 Å². The summed E-state index contributed by atoms with van der Waals surface area (Å²) in [5, 5.41) is 2.98. The van der Waals surface area contributed by atoms with Gasteiger partial charge in [0, 0.05) is 32.7 Å². The maximum atomic E-state index is 13.4. The number of hydrogen-bond acceptors (Lipinski definition) is 7. The van der Waals surface area contributed by atoms with Crippen molar-refractivity contribution in [1.82, 2.24) is 9.80 Å². The average molecular weight is 449 g/mol. The second kappa shape index (κ2) is 9.99. The van der Waals surface area contributed by atoms with Gasteiger partial charge in [-0.15, -0.1) is 11.3 Å². The molecule has 0 aliphatic carbocycles. The third-order valence-electron chi connectivity index (χ3n) is 5.14. The van der Waals surface area contributed by atoms with Crippen LogP contribution in [0.2, 0.25) is 0 Å². The van der Waals surface area contributed by atoms with Crippen LogP contribution in [-0.4, -0.2) is 67.4 Å². The van der Waals surface area contributed by atoms with E-state index in [0.717, 1.165) is 30.0 Å². The number of anilines is 1. The number of esters is 1. The van der Waals surface area contributed by atoms with E-state index in [1.165, 1.54) is 19.2 Å². The van der Waals surface area contributed by atoms with E-state index < -0.39 is 11.9 Å². The predicted molar refractivity (Wildman–Crippen MR) is 116 cm³/mol. The van der Waals surface area contributed by atoms with E-state index in [0.29, 0.717) is 25.2 Å². The first-order valence-corrected chi connectivity index (χ1v) is 10.6. The van der Waals surface area contributed by atoms with E-state index in [2.05, 4.69) is 10.2 Å². The average Bonchev–Trinajstić information content (AvgIpc) is 3.05. The van der Waals surface area contributed by atoms with Gasteiger partial charge < -0.3 is 15.8 Å². The minimum absolute atomic E-state index is 0.148. The maximum Gasteiger partial charge on any atom is 0.341 e. The second-order valence-electron chi connectivity index (χ2n) is 7.35. The van der Waals surface area contributed by atoms with Crippen LogP contribution in [-0.2, 0) is 16.1 Å². The molecule has 10 heteroatoms. The molecule has 0 spiro atoms. The van der Waals surface area contributed by atoms with Gasteiger partial charge in [-0.3, -0.25) is 19.4 Å². The highest BCUT2D eigenvalue weighted by molar-refractivity contribution is 7.18. The number of carbonyl (C=O) groups is 3. The lowest BCUT2D eigenvalue weighted by Crippen LogP contribution is -2.48. The molecule has 1 fully saturated rings. The number of hydrogen-bond donors (Lipinski definition) is 2. The fourth-order valence-electron chi connectivity index (χ4n) is 3.55. The van der Waals surface area contributed by atoms with E-state index in [1.807, 2.05) is 11.0 Å². The van der Waals surface area contributed by atoms with Crippen molar-refractivity contribution in [3.63, 3.8) is 0 Å². The molecular weight excluding hydrogens is 423 g/mol.